The number of pyridine rings is 1. The number of sulfonamides is 1. The van der Waals surface area contributed by atoms with Crippen LogP contribution in [-0.4, -0.2) is 26.0 Å². The quantitative estimate of drug-likeness (QED) is 0.870. The molecule has 0 aliphatic heterocycles. The summed E-state index contributed by atoms with van der Waals surface area (Å²) < 4.78 is 27.6. The lowest BCUT2D eigenvalue weighted by Crippen LogP contribution is -2.38. The Balaban J connectivity index is 0.00000176. The molecule has 0 spiro atoms. The fourth-order valence-electron chi connectivity index (χ4n) is 2.50. The van der Waals surface area contributed by atoms with E-state index in [0.717, 1.165) is 18.4 Å². The Kier molecular flexibility index (Phi) is 5.07. The molecular weight excluding hydrogens is 322 g/mol. The summed E-state index contributed by atoms with van der Waals surface area (Å²) in [6, 6.07) is 6.84. The summed E-state index contributed by atoms with van der Waals surface area (Å²) in [7, 11) is -3.57. The van der Waals surface area contributed by atoms with Crippen molar-refractivity contribution in [3.05, 3.63) is 36.0 Å². The first kappa shape index (κ1) is 17.1. The Hall–Kier alpha value is -1.21. The van der Waals surface area contributed by atoms with Crippen LogP contribution in [0, 0.1) is 12.8 Å². The first-order valence-corrected chi connectivity index (χ1v) is 8.57. The molecule has 1 aromatic carbocycles. The maximum Gasteiger partial charge on any atom is 0.241 e. The van der Waals surface area contributed by atoms with Crippen LogP contribution < -0.4 is 10.5 Å². The molecule has 1 aliphatic carbocycles. The first-order chi connectivity index (χ1) is 9.99. The van der Waals surface area contributed by atoms with Crippen molar-refractivity contribution < 1.29 is 8.42 Å². The van der Waals surface area contributed by atoms with Gasteiger partial charge in [0.15, 0.2) is 0 Å². The SMILES string of the molecule is Cc1ccc(S(=O)(=O)NCC(N)C2CC2)c2cccnc12.Cl. The molecule has 3 rings (SSSR count). The largest absolute Gasteiger partial charge is 0.326 e. The van der Waals surface area contributed by atoms with E-state index in [-0.39, 0.29) is 29.9 Å². The van der Waals surface area contributed by atoms with Gasteiger partial charge >= 0.3 is 0 Å². The molecule has 5 nitrogen and oxygen atoms in total. The number of aryl methyl sites for hydroxylation is 1. The fraction of sp³-hybridized carbons (Fsp3) is 0.400. The van der Waals surface area contributed by atoms with Gasteiger partial charge in [-0.1, -0.05) is 6.07 Å². The van der Waals surface area contributed by atoms with Crippen molar-refractivity contribution in [2.24, 2.45) is 11.7 Å². The monoisotopic (exact) mass is 341 g/mol. The zero-order valence-corrected chi connectivity index (χ0v) is 14.0. The number of nitrogens with zero attached hydrogens (tertiary/aromatic N) is 1. The summed E-state index contributed by atoms with van der Waals surface area (Å²) in [6.07, 6.45) is 3.86. The zero-order valence-electron chi connectivity index (χ0n) is 12.3. The number of nitrogens with two attached hydrogens (primary N) is 1. The van der Waals surface area contributed by atoms with E-state index in [2.05, 4.69) is 9.71 Å². The van der Waals surface area contributed by atoms with Gasteiger partial charge in [-0.15, -0.1) is 12.4 Å². The Morgan fingerprint density at radius 3 is 2.77 bits per heavy atom. The van der Waals surface area contributed by atoms with Crippen LogP contribution >= 0.6 is 12.4 Å². The number of nitrogens with one attached hydrogen (secondary N) is 1. The van der Waals surface area contributed by atoms with Gasteiger partial charge < -0.3 is 5.73 Å². The van der Waals surface area contributed by atoms with Gasteiger partial charge in [-0.3, -0.25) is 4.98 Å². The van der Waals surface area contributed by atoms with Crippen LogP contribution in [0.5, 0.6) is 0 Å². The van der Waals surface area contributed by atoms with Crippen LogP contribution in [0.15, 0.2) is 35.4 Å². The van der Waals surface area contributed by atoms with Crippen LogP contribution in [0.4, 0.5) is 0 Å². The average molecular weight is 342 g/mol. The molecule has 2 aromatic rings. The van der Waals surface area contributed by atoms with Gasteiger partial charge in [0.1, 0.15) is 0 Å². The summed E-state index contributed by atoms with van der Waals surface area (Å²) in [4.78, 5) is 4.53. The summed E-state index contributed by atoms with van der Waals surface area (Å²) in [5.74, 6) is 0.462. The molecule has 120 valence electrons. The minimum atomic E-state index is -3.57. The molecule has 0 amide bonds. The maximum absolute atomic E-state index is 12.5. The van der Waals surface area contributed by atoms with E-state index < -0.39 is 10.0 Å². The highest BCUT2D eigenvalue weighted by atomic mass is 35.5. The van der Waals surface area contributed by atoms with Crippen molar-refractivity contribution >= 4 is 33.3 Å². The third kappa shape index (κ3) is 3.41. The van der Waals surface area contributed by atoms with Gasteiger partial charge in [-0.25, -0.2) is 13.1 Å². The number of rotatable bonds is 5. The van der Waals surface area contributed by atoms with Crippen molar-refractivity contribution in [2.75, 3.05) is 6.54 Å². The van der Waals surface area contributed by atoms with Crippen LogP contribution in [0.2, 0.25) is 0 Å². The molecule has 0 radical (unpaired) electrons. The third-order valence-corrected chi connectivity index (χ3v) is 5.44. The van der Waals surface area contributed by atoms with Gasteiger partial charge in [0.05, 0.1) is 10.4 Å². The lowest BCUT2D eigenvalue weighted by Gasteiger charge is -2.14. The highest BCUT2D eigenvalue weighted by Gasteiger charge is 2.29. The molecule has 1 atom stereocenters. The summed E-state index contributed by atoms with van der Waals surface area (Å²) in [5.41, 5.74) is 7.63. The molecule has 1 heterocycles. The van der Waals surface area contributed by atoms with Crippen molar-refractivity contribution in [1.82, 2.24) is 9.71 Å². The van der Waals surface area contributed by atoms with Crippen LogP contribution in [0.1, 0.15) is 18.4 Å². The molecule has 7 heteroatoms. The zero-order chi connectivity index (χ0) is 15.0. The minimum Gasteiger partial charge on any atom is -0.326 e. The lowest BCUT2D eigenvalue weighted by atomic mass is 10.1. The fourth-order valence-corrected chi connectivity index (χ4v) is 3.77. The van der Waals surface area contributed by atoms with Gasteiger partial charge in [-0.05, 0) is 49.4 Å². The van der Waals surface area contributed by atoms with Crippen LogP contribution in [0.3, 0.4) is 0 Å². The second kappa shape index (κ2) is 6.50. The molecule has 3 N–H and O–H groups in total. The molecular formula is C15H20ClN3O2S. The van der Waals surface area contributed by atoms with E-state index in [4.69, 9.17) is 5.73 Å². The number of aromatic nitrogens is 1. The smallest absolute Gasteiger partial charge is 0.241 e. The molecule has 1 aromatic heterocycles. The van der Waals surface area contributed by atoms with Crippen molar-refractivity contribution in [3.8, 4) is 0 Å². The van der Waals surface area contributed by atoms with Gasteiger partial charge in [0, 0.05) is 24.2 Å². The van der Waals surface area contributed by atoms with Gasteiger partial charge in [-0.2, -0.15) is 0 Å². The minimum absolute atomic E-state index is 0. The molecule has 1 unspecified atom stereocenters. The van der Waals surface area contributed by atoms with E-state index in [0.29, 0.717) is 16.8 Å². The van der Waals surface area contributed by atoms with Gasteiger partial charge in [0.25, 0.3) is 0 Å². The Bertz CT molecular complexity index is 775. The van der Waals surface area contributed by atoms with E-state index in [1.54, 1.807) is 30.5 Å². The first-order valence-electron chi connectivity index (χ1n) is 7.08. The van der Waals surface area contributed by atoms with E-state index in [9.17, 15) is 8.42 Å². The second-order valence-corrected chi connectivity index (χ2v) is 7.37. The van der Waals surface area contributed by atoms with Crippen LogP contribution in [-0.2, 0) is 10.0 Å². The standard InChI is InChI=1S/C15H19N3O2S.ClH/c1-10-4-7-14(12-3-2-8-17-15(10)12)21(19,20)18-9-13(16)11-5-6-11;/h2-4,7-8,11,13,18H,5-6,9,16H2,1H3;1H. The Labute approximate surface area is 136 Å². The predicted molar refractivity (Wildman–Crippen MR) is 89.6 cm³/mol. The van der Waals surface area contributed by atoms with Gasteiger partial charge in [0.2, 0.25) is 10.0 Å². The topological polar surface area (TPSA) is 85.1 Å². The van der Waals surface area contributed by atoms with Crippen molar-refractivity contribution in [1.29, 1.82) is 0 Å². The normalized spacial score (nSPS) is 16.3. The number of benzene rings is 1. The number of halogens is 1. The maximum atomic E-state index is 12.5. The molecule has 1 saturated carbocycles. The summed E-state index contributed by atoms with van der Waals surface area (Å²) >= 11 is 0. The molecule has 1 aliphatic rings. The average Bonchev–Trinajstić information content (AvgIpc) is 3.30. The number of fused-ring (bicyclic) bond motifs is 1. The molecule has 1 fully saturated rings. The Morgan fingerprint density at radius 2 is 2.09 bits per heavy atom. The van der Waals surface area contributed by atoms with Crippen molar-refractivity contribution in [3.63, 3.8) is 0 Å². The third-order valence-electron chi connectivity index (χ3n) is 3.96. The van der Waals surface area contributed by atoms with E-state index >= 15 is 0 Å². The number of hydrogen-bond donors (Lipinski definition) is 2. The highest BCUT2D eigenvalue weighted by Crippen LogP contribution is 2.31. The lowest BCUT2D eigenvalue weighted by molar-refractivity contribution is 0.548. The van der Waals surface area contributed by atoms with E-state index in [1.807, 2.05) is 6.92 Å². The summed E-state index contributed by atoms with van der Waals surface area (Å²) in [5, 5.41) is 0.644. The second-order valence-electron chi connectivity index (χ2n) is 5.63. The Morgan fingerprint density at radius 1 is 1.36 bits per heavy atom. The highest BCUT2D eigenvalue weighted by molar-refractivity contribution is 7.89. The van der Waals surface area contributed by atoms with Crippen LogP contribution in [0.25, 0.3) is 10.9 Å². The van der Waals surface area contributed by atoms with Crippen molar-refractivity contribution in [2.45, 2.75) is 30.7 Å². The molecule has 22 heavy (non-hydrogen) atoms. The number of hydrogen-bond acceptors (Lipinski definition) is 4. The summed E-state index contributed by atoms with van der Waals surface area (Å²) in [6.45, 7) is 2.20. The predicted octanol–water partition coefficient (Wildman–Crippen LogP) is 1.98. The van der Waals surface area contributed by atoms with E-state index in [1.165, 1.54) is 0 Å². The molecule has 0 bridgehead atoms. The molecule has 0 saturated heterocycles.